The van der Waals surface area contributed by atoms with Gasteiger partial charge >= 0.3 is 0 Å². The number of anilines is 1. The molecule has 1 fully saturated rings. The Balaban J connectivity index is 1.82. The van der Waals surface area contributed by atoms with Crippen molar-refractivity contribution in [1.82, 2.24) is 14.9 Å². The van der Waals surface area contributed by atoms with Crippen molar-refractivity contribution in [3.63, 3.8) is 0 Å². The largest absolute Gasteiger partial charge is 0.464 e. The number of nitrogens with zero attached hydrogens (tertiary/aromatic N) is 3. The lowest BCUT2D eigenvalue weighted by molar-refractivity contribution is -0.123. The molecule has 2 aromatic heterocycles. The molecule has 1 N–H and O–H groups in total. The summed E-state index contributed by atoms with van der Waals surface area (Å²) >= 11 is 1.10. The van der Waals surface area contributed by atoms with Gasteiger partial charge in [-0.3, -0.25) is 14.5 Å². The highest BCUT2D eigenvalue weighted by atomic mass is 32.1. The molecular weight excluding hydrogens is 412 g/mol. The average Bonchev–Trinajstić information content (AvgIpc) is 3.47. The number of aromatic nitrogens is 2. The fraction of sp³-hybridized carbons (Fsp3) is 0.391. The van der Waals surface area contributed by atoms with E-state index in [-0.39, 0.29) is 23.6 Å². The van der Waals surface area contributed by atoms with Crippen LogP contribution in [0, 0.1) is 20.8 Å². The summed E-state index contributed by atoms with van der Waals surface area (Å²) in [4.78, 5) is 28.7. The van der Waals surface area contributed by atoms with Crippen LogP contribution in [0.2, 0.25) is 0 Å². The van der Waals surface area contributed by atoms with E-state index in [0.29, 0.717) is 17.2 Å². The van der Waals surface area contributed by atoms with E-state index in [1.165, 1.54) is 4.90 Å². The van der Waals surface area contributed by atoms with E-state index in [1.54, 1.807) is 17.5 Å². The van der Waals surface area contributed by atoms with Gasteiger partial charge in [0, 0.05) is 17.1 Å². The Kier molecular flexibility index (Phi) is 6.18. The summed E-state index contributed by atoms with van der Waals surface area (Å²) in [5.74, 6) is 0.455. The number of nitrogens with one attached hydrogen (secondary N) is 1. The highest BCUT2D eigenvalue weighted by Gasteiger charge is 2.37. The third-order valence-corrected chi connectivity index (χ3v) is 6.03. The second-order valence-electron chi connectivity index (χ2n) is 8.15. The quantitative estimate of drug-likeness (QED) is 0.612. The molecule has 1 aromatic carbocycles. The molecule has 7 nitrogen and oxygen atoms in total. The molecule has 1 atom stereocenters. The van der Waals surface area contributed by atoms with Crippen LogP contribution in [0.5, 0.6) is 0 Å². The number of aryl methyl sites for hydroxylation is 3. The lowest BCUT2D eigenvalue weighted by Gasteiger charge is -2.30. The standard InChI is InChI=1S/C23H26N4O3S/c1-14-10-15(2)12-18(11-14)27(23(29)19-13-31-26-25-19)21(20-9-8-16(3)30-20)22(28)24-17-6-4-5-7-17/h8-13,17,21H,4-7H2,1-3H3,(H,24,28)/t21-/m1/s1. The van der Waals surface area contributed by atoms with Crippen molar-refractivity contribution < 1.29 is 14.0 Å². The summed E-state index contributed by atoms with van der Waals surface area (Å²) in [7, 11) is 0. The van der Waals surface area contributed by atoms with Crippen LogP contribution in [-0.4, -0.2) is 27.4 Å². The van der Waals surface area contributed by atoms with Crippen molar-refractivity contribution in [3.05, 3.63) is 64.1 Å². The summed E-state index contributed by atoms with van der Waals surface area (Å²) < 4.78 is 9.71. The molecule has 4 rings (SSSR count). The van der Waals surface area contributed by atoms with Gasteiger partial charge in [-0.1, -0.05) is 23.4 Å². The van der Waals surface area contributed by atoms with E-state index in [1.807, 2.05) is 39.0 Å². The number of rotatable bonds is 6. The number of benzene rings is 1. The molecular formula is C23H26N4O3S. The Labute approximate surface area is 185 Å². The predicted molar refractivity (Wildman–Crippen MR) is 119 cm³/mol. The molecule has 2 amide bonds. The van der Waals surface area contributed by atoms with Gasteiger partial charge in [0.1, 0.15) is 11.5 Å². The minimum Gasteiger partial charge on any atom is -0.464 e. The Morgan fingerprint density at radius 1 is 1.13 bits per heavy atom. The number of hydrogen-bond donors (Lipinski definition) is 1. The first-order valence-corrected chi connectivity index (χ1v) is 11.3. The van der Waals surface area contributed by atoms with Crippen LogP contribution in [0.3, 0.4) is 0 Å². The Morgan fingerprint density at radius 2 is 1.84 bits per heavy atom. The van der Waals surface area contributed by atoms with Gasteiger partial charge in [0.05, 0.1) is 0 Å². The topological polar surface area (TPSA) is 88.3 Å². The highest BCUT2D eigenvalue weighted by molar-refractivity contribution is 7.03. The van der Waals surface area contributed by atoms with E-state index >= 15 is 0 Å². The molecule has 8 heteroatoms. The van der Waals surface area contributed by atoms with E-state index in [9.17, 15) is 9.59 Å². The van der Waals surface area contributed by atoms with Gasteiger partial charge in [-0.25, -0.2) is 0 Å². The summed E-state index contributed by atoms with van der Waals surface area (Å²) in [6.07, 6.45) is 4.09. The van der Waals surface area contributed by atoms with Crippen molar-refractivity contribution >= 4 is 29.0 Å². The molecule has 0 aliphatic heterocycles. The molecule has 1 saturated carbocycles. The first kappa shape index (κ1) is 21.2. The Morgan fingerprint density at radius 3 is 2.42 bits per heavy atom. The lowest BCUT2D eigenvalue weighted by Crippen LogP contribution is -2.46. The molecule has 1 aliphatic rings. The summed E-state index contributed by atoms with van der Waals surface area (Å²) in [6, 6.07) is 8.55. The maximum absolute atomic E-state index is 13.6. The summed E-state index contributed by atoms with van der Waals surface area (Å²) in [5.41, 5.74) is 2.81. The van der Waals surface area contributed by atoms with Crippen molar-refractivity contribution in [1.29, 1.82) is 0 Å². The van der Waals surface area contributed by atoms with Gasteiger partial charge in [-0.2, -0.15) is 0 Å². The minimum atomic E-state index is -0.954. The fourth-order valence-electron chi connectivity index (χ4n) is 4.18. The molecule has 0 bridgehead atoms. The third-order valence-electron chi connectivity index (χ3n) is 5.52. The van der Waals surface area contributed by atoms with E-state index in [4.69, 9.17) is 4.42 Å². The SMILES string of the molecule is Cc1cc(C)cc(N(C(=O)c2csnn2)[C@@H](C(=O)NC2CCCC2)c2ccc(C)o2)c1. The van der Waals surface area contributed by atoms with Crippen LogP contribution in [-0.2, 0) is 4.79 Å². The van der Waals surface area contributed by atoms with Crippen molar-refractivity contribution in [2.75, 3.05) is 4.90 Å². The van der Waals surface area contributed by atoms with Crippen LogP contribution < -0.4 is 10.2 Å². The van der Waals surface area contributed by atoms with Crippen LogP contribution in [0.15, 0.2) is 40.1 Å². The molecule has 0 radical (unpaired) electrons. The molecule has 31 heavy (non-hydrogen) atoms. The van der Waals surface area contributed by atoms with E-state index < -0.39 is 6.04 Å². The van der Waals surface area contributed by atoms with Crippen molar-refractivity contribution in [2.45, 2.75) is 58.5 Å². The van der Waals surface area contributed by atoms with Crippen molar-refractivity contribution in [3.8, 4) is 0 Å². The molecule has 0 saturated heterocycles. The van der Waals surface area contributed by atoms with Crippen LogP contribution in [0.4, 0.5) is 5.69 Å². The first-order valence-electron chi connectivity index (χ1n) is 10.5. The molecule has 162 valence electrons. The highest BCUT2D eigenvalue weighted by Crippen LogP contribution is 2.32. The summed E-state index contributed by atoms with van der Waals surface area (Å²) in [6.45, 7) is 5.76. The number of amides is 2. The second-order valence-corrected chi connectivity index (χ2v) is 8.76. The predicted octanol–water partition coefficient (Wildman–Crippen LogP) is 4.50. The van der Waals surface area contributed by atoms with Gasteiger partial charge in [-0.05, 0) is 80.5 Å². The normalized spacial score (nSPS) is 15.1. The number of hydrogen-bond acceptors (Lipinski definition) is 6. The van der Waals surface area contributed by atoms with Gasteiger partial charge in [0.25, 0.3) is 11.8 Å². The lowest BCUT2D eigenvalue weighted by atomic mass is 10.1. The van der Waals surface area contributed by atoms with Gasteiger partial charge in [-0.15, -0.1) is 5.10 Å². The maximum atomic E-state index is 13.6. The molecule has 3 aromatic rings. The number of furan rings is 1. The van der Waals surface area contributed by atoms with E-state index in [0.717, 1.165) is 48.3 Å². The van der Waals surface area contributed by atoms with Crippen LogP contribution in [0.25, 0.3) is 0 Å². The summed E-state index contributed by atoms with van der Waals surface area (Å²) in [5, 5.41) is 8.70. The van der Waals surface area contributed by atoms with Gasteiger partial charge in [0.15, 0.2) is 11.7 Å². The zero-order chi connectivity index (χ0) is 22.0. The number of carbonyl (C=O) groups is 2. The van der Waals surface area contributed by atoms with Crippen LogP contribution >= 0.6 is 11.5 Å². The van der Waals surface area contributed by atoms with Gasteiger partial charge in [0.2, 0.25) is 0 Å². The Hall–Kier alpha value is -3.00. The number of carbonyl (C=O) groups excluding carboxylic acids is 2. The van der Waals surface area contributed by atoms with Crippen LogP contribution in [0.1, 0.15) is 64.9 Å². The second kappa shape index (κ2) is 9.01. The first-order chi connectivity index (χ1) is 14.9. The molecule has 0 unspecified atom stereocenters. The average molecular weight is 439 g/mol. The fourth-order valence-corrected chi connectivity index (χ4v) is 4.61. The Bertz CT molecular complexity index is 1050. The van der Waals surface area contributed by atoms with E-state index in [2.05, 4.69) is 14.9 Å². The zero-order valence-corrected chi connectivity index (χ0v) is 18.7. The van der Waals surface area contributed by atoms with Crippen molar-refractivity contribution in [2.24, 2.45) is 0 Å². The minimum absolute atomic E-state index is 0.114. The molecule has 1 aliphatic carbocycles. The molecule has 2 heterocycles. The molecule has 0 spiro atoms. The maximum Gasteiger partial charge on any atom is 0.280 e. The third kappa shape index (κ3) is 4.69. The monoisotopic (exact) mass is 438 g/mol. The zero-order valence-electron chi connectivity index (χ0n) is 17.9. The smallest absolute Gasteiger partial charge is 0.280 e. The van der Waals surface area contributed by atoms with Gasteiger partial charge < -0.3 is 9.73 Å².